The number of thiophene rings is 1. The number of hydrogen-bond donors (Lipinski definition) is 1. The molecule has 70 valence electrons. The summed E-state index contributed by atoms with van der Waals surface area (Å²) in [7, 11) is -3.07. The maximum Gasteiger partial charge on any atom is 0.176 e. The van der Waals surface area contributed by atoms with Gasteiger partial charge in [0.05, 0.1) is 4.90 Å². The summed E-state index contributed by atoms with van der Waals surface area (Å²) in [6.45, 7) is 0.284. The highest BCUT2D eigenvalue weighted by atomic mass is 35.5. The molecule has 0 aromatic carbocycles. The Hall–Kier alpha value is -0.100. The molecule has 0 aliphatic heterocycles. The van der Waals surface area contributed by atoms with E-state index in [0.717, 1.165) is 0 Å². The first kappa shape index (κ1) is 11.9. The van der Waals surface area contributed by atoms with Gasteiger partial charge in [0, 0.05) is 18.2 Å². The van der Waals surface area contributed by atoms with E-state index in [1.54, 1.807) is 10.8 Å². The van der Waals surface area contributed by atoms with Crippen molar-refractivity contribution in [3.8, 4) is 0 Å². The largest absolute Gasteiger partial charge is 0.326 e. The summed E-state index contributed by atoms with van der Waals surface area (Å²) < 4.78 is 22.0. The van der Waals surface area contributed by atoms with Gasteiger partial charge >= 0.3 is 0 Å². The van der Waals surface area contributed by atoms with Crippen molar-refractivity contribution in [2.24, 2.45) is 5.73 Å². The molecule has 1 heterocycles. The molecule has 0 saturated carbocycles. The second kappa shape index (κ2) is 4.23. The van der Waals surface area contributed by atoms with Crippen LogP contribution in [0.5, 0.6) is 0 Å². The lowest BCUT2D eigenvalue weighted by Gasteiger charge is -1.96. The van der Waals surface area contributed by atoms with E-state index in [1.807, 2.05) is 0 Å². The quantitative estimate of drug-likeness (QED) is 0.821. The van der Waals surface area contributed by atoms with Gasteiger partial charge in [-0.15, -0.1) is 12.4 Å². The Labute approximate surface area is 81.9 Å². The summed E-state index contributed by atoms with van der Waals surface area (Å²) in [5, 5.41) is 3.37. The van der Waals surface area contributed by atoms with Gasteiger partial charge in [0.2, 0.25) is 0 Å². The zero-order valence-corrected chi connectivity index (χ0v) is 8.93. The molecule has 0 aliphatic rings. The van der Waals surface area contributed by atoms with Crippen LogP contribution in [0, 0.1) is 0 Å². The highest BCUT2D eigenvalue weighted by Gasteiger charge is 2.12. The van der Waals surface area contributed by atoms with Crippen LogP contribution in [0.4, 0.5) is 0 Å². The SMILES string of the molecule is CS(=O)(=O)c1cscc1CN.Cl. The summed E-state index contributed by atoms with van der Waals surface area (Å²) >= 11 is 1.36. The fourth-order valence-electron chi connectivity index (χ4n) is 0.786. The minimum absolute atomic E-state index is 0. The molecule has 0 radical (unpaired) electrons. The summed E-state index contributed by atoms with van der Waals surface area (Å²) in [5.74, 6) is 0. The number of hydrogen-bond acceptors (Lipinski definition) is 4. The Morgan fingerprint density at radius 3 is 2.42 bits per heavy atom. The highest BCUT2D eigenvalue weighted by Crippen LogP contribution is 2.19. The Kier molecular flexibility index (Phi) is 4.19. The third kappa shape index (κ3) is 2.45. The molecule has 1 rings (SSSR count). The van der Waals surface area contributed by atoms with Crippen LogP contribution < -0.4 is 5.73 Å². The lowest BCUT2D eigenvalue weighted by molar-refractivity contribution is 0.601. The molecule has 0 amide bonds. The second-order valence-corrected chi connectivity index (χ2v) is 4.97. The average molecular weight is 228 g/mol. The van der Waals surface area contributed by atoms with Crippen molar-refractivity contribution in [1.82, 2.24) is 0 Å². The maximum absolute atomic E-state index is 11.0. The van der Waals surface area contributed by atoms with Crippen LogP contribution in [0.2, 0.25) is 0 Å². The molecule has 3 nitrogen and oxygen atoms in total. The molecule has 2 N–H and O–H groups in total. The van der Waals surface area contributed by atoms with Crippen LogP contribution in [0.1, 0.15) is 5.56 Å². The molecular formula is C6H10ClNO2S2. The van der Waals surface area contributed by atoms with Crippen LogP contribution in [0.25, 0.3) is 0 Å². The minimum Gasteiger partial charge on any atom is -0.326 e. The van der Waals surface area contributed by atoms with Gasteiger partial charge in [-0.1, -0.05) is 0 Å². The van der Waals surface area contributed by atoms with Crippen molar-refractivity contribution >= 4 is 33.6 Å². The van der Waals surface area contributed by atoms with E-state index in [-0.39, 0.29) is 19.0 Å². The molecule has 0 spiro atoms. The number of nitrogens with two attached hydrogens (primary N) is 1. The van der Waals surface area contributed by atoms with E-state index in [2.05, 4.69) is 0 Å². The first-order valence-electron chi connectivity index (χ1n) is 3.01. The second-order valence-electron chi connectivity index (χ2n) is 2.24. The van der Waals surface area contributed by atoms with Gasteiger partial charge < -0.3 is 5.73 Å². The van der Waals surface area contributed by atoms with E-state index in [1.165, 1.54) is 17.6 Å². The molecule has 1 aromatic rings. The lowest BCUT2D eigenvalue weighted by Crippen LogP contribution is -2.03. The molecule has 0 unspecified atom stereocenters. The van der Waals surface area contributed by atoms with Gasteiger partial charge in [0.1, 0.15) is 0 Å². The zero-order valence-electron chi connectivity index (χ0n) is 6.48. The van der Waals surface area contributed by atoms with E-state index in [0.29, 0.717) is 10.5 Å². The molecule has 0 saturated heterocycles. The third-order valence-corrected chi connectivity index (χ3v) is 3.44. The first-order chi connectivity index (χ1) is 5.05. The van der Waals surface area contributed by atoms with Gasteiger partial charge in [-0.25, -0.2) is 8.42 Å². The Balaban J connectivity index is 0.00000121. The predicted octanol–water partition coefficient (Wildman–Crippen LogP) is 1.03. The van der Waals surface area contributed by atoms with Crippen LogP contribution in [0.3, 0.4) is 0 Å². The number of rotatable bonds is 2. The summed E-state index contributed by atoms with van der Waals surface area (Å²) in [5.41, 5.74) is 6.04. The smallest absolute Gasteiger partial charge is 0.176 e. The van der Waals surface area contributed by atoms with Crippen LogP contribution >= 0.6 is 23.7 Å². The standard InChI is InChI=1S/C6H9NO2S2.ClH/c1-11(8,9)6-4-10-3-5(6)2-7;/h3-4H,2,7H2,1H3;1H. The molecule has 12 heavy (non-hydrogen) atoms. The highest BCUT2D eigenvalue weighted by molar-refractivity contribution is 7.90. The van der Waals surface area contributed by atoms with E-state index in [4.69, 9.17) is 5.73 Å². The van der Waals surface area contributed by atoms with Gasteiger partial charge in [-0.3, -0.25) is 0 Å². The molecule has 0 aliphatic carbocycles. The number of halogens is 1. The van der Waals surface area contributed by atoms with E-state index in [9.17, 15) is 8.42 Å². The van der Waals surface area contributed by atoms with Gasteiger partial charge in [0.25, 0.3) is 0 Å². The Morgan fingerprint density at radius 2 is 2.08 bits per heavy atom. The Morgan fingerprint density at radius 1 is 1.50 bits per heavy atom. The average Bonchev–Trinajstić information content (AvgIpc) is 2.31. The van der Waals surface area contributed by atoms with Crippen molar-refractivity contribution in [3.63, 3.8) is 0 Å². The molecule has 0 atom stereocenters. The molecular weight excluding hydrogens is 218 g/mol. The predicted molar refractivity (Wildman–Crippen MR) is 52.6 cm³/mol. The Bertz CT molecular complexity index is 344. The molecule has 6 heteroatoms. The minimum atomic E-state index is -3.07. The van der Waals surface area contributed by atoms with E-state index < -0.39 is 9.84 Å². The fourth-order valence-corrected chi connectivity index (χ4v) is 3.08. The number of sulfone groups is 1. The van der Waals surface area contributed by atoms with Crippen LogP contribution in [-0.2, 0) is 16.4 Å². The van der Waals surface area contributed by atoms with Crippen molar-refractivity contribution in [2.75, 3.05) is 6.26 Å². The van der Waals surface area contributed by atoms with Crippen LogP contribution in [-0.4, -0.2) is 14.7 Å². The van der Waals surface area contributed by atoms with Gasteiger partial charge in [-0.2, -0.15) is 11.3 Å². The normalized spacial score (nSPS) is 10.8. The summed E-state index contributed by atoms with van der Waals surface area (Å²) in [6, 6.07) is 0. The molecule has 0 bridgehead atoms. The zero-order chi connectivity index (χ0) is 8.48. The van der Waals surface area contributed by atoms with Crippen molar-refractivity contribution in [1.29, 1.82) is 0 Å². The first-order valence-corrected chi connectivity index (χ1v) is 5.84. The van der Waals surface area contributed by atoms with Crippen molar-refractivity contribution in [2.45, 2.75) is 11.4 Å². The summed E-state index contributed by atoms with van der Waals surface area (Å²) in [6.07, 6.45) is 1.19. The van der Waals surface area contributed by atoms with Gasteiger partial charge in [0.15, 0.2) is 9.84 Å². The monoisotopic (exact) mass is 227 g/mol. The van der Waals surface area contributed by atoms with Gasteiger partial charge in [-0.05, 0) is 10.9 Å². The van der Waals surface area contributed by atoms with Crippen molar-refractivity contribution < 1.29 is 8.42 Å². The third-order valence-electron chi connectivity index (χ3n) is 1.32. The summed E-state index contributed by atoms with van der Waals surface area (Å²) in [4.78, 5) is 0.366. The van der Waals surface area contributed by atoms with Crippen molar-refractivity contribution in [3.05, 3.63) is 16.3 Å². The molecule has 0 fully saturated rings. The lowest BCUT2D eigenvalue weighted by atomic mass is 10.3. The maximum atomic E-state index is 11.0. The van der Waals surface area contributed by atoms with E-state index >= 15 is 0 Å². The van der Waals surface area contributed by atoms with Crippen LogP contribution in [0.15, 0.2) is 15.7 Å². The fraction of sp³-hybridized carbons (Fsp3) is 0.333. The topological polar surface area (TPSA) is 60.2 Å². The molecule has 1 aromatic heterocycles.